The molecule has 106 valence electrons. The second kappa shape index (κ2) is 6.38. The molecule has 20 heavy (non-hydrogen) atoms. The lowest BCUT2D eigenvalue weighted by Gasteiger charge is -2.14. The Bertz CT molecular complexity index is 578. The van der Waals surface area contributed by atoms with Crippen molar-refractivity contribution >= 4 is 11.6 Å². The molecule has 2 aromatic carbocycles. The SMILES string of the molecule is CC(C)c1ccc(CC(N)c2cccc(Cl)c2F)cc1. The Hall–Kier alpha value is -1.38. The maximum absolute atomic E-state index is 13.9. The number of hydrogen-bond donors (Lipinski definition) is 1. The lowest BCUT2D eigenvalue weighted by atomic mass is 9.96. The number of benzene rings is 2. The molecule has 0 aliphatic rings. The van der Waals surface area contributed by atoms with Gasteiger partial charge in [-0.1, -0.05) is 61.8 Å². The van der Waals surface area contributed by atoms with Crippen LogP contribution in [0, 0.1) is 5.82 Å². The van der Waals surface area contributed by atoms with Crippen LogP contribution in [-0.2, 0) is 6.42 Å². The summed E-state index contributed by atoms with van der Waals surface area (Å²) < 4.78 is 13.9. The zero-order chi connectivity index (χ0) is 14.7. The van der Waals surface area contributed by atoms with E-state index >= 15 is 0 Å². The fraction of sp³-hybridized carbons (Fsp3) is 0.294. The first-order valence-corrected chi connectivity index (χ1v) is 7.15. The van der Waals surface area contributed by atoms with Gasteiger partial charge >= 0.3 is 0 Å². The van der Waals surface area contributed by atoms with E-state index in [4.69, 9.17) is 17.3 Å². The van der Waals surface area contributed by atoms with Crippen LogP contribution in [0.3, 0.4) is 0 Å². The van der Waals surface area contributed by atoms with Crippen molar-refractivity contribution in [3.05, 3.63) is 70.0 Å². The van der Waals surface area contributed by atoms with E-state index in [1.807, 2.05) is 0 Å². The zero-order valence-corrected chi connectivity index (χ0v) is 12.5. The Labute approximate surface area is 124 Å². The van der Waals surface area contributed by atoms with Crippen molar-refractivity contribution in [3.8, 4) is 0 Å². The highest BCUT2D eigenvalue weighted by atomic mass is 35.5. The molecule has 0 fully saturated rings. The first-order valence-electron chi connectivity index (χ1n) is 6.77. The normalized spacial score (nSPS) is 12.7. The van der Waals surface area contributed by atoms with Crippen LogP contribution in [0.15, 0.2) is 42.5 Å². The van der Waals surface area contributed by atoms with Gasteiger partial charge < -0.3 is 5.73 Å². The summed E-state index contributed by atoms with van der Waals surface area (Å²) >= 11 is 5.79. The smallest absolute Gasteiger partial charge is 0.146 e. The molecule has 0 radical (unpaired) electrons. The molecule has 0 aliphatic carbocycles. The largest absolute Gasteiger partial charge is 0.324 e. The molecule has 1 unspecified atom stereocenters. The maximum Gasteiger partial charge on any atom is 0.146 e. The average molecular weight is 292 g/mol. The zero-order valence-electron chi connectivity index (χ0n) is 11.7. The summed E-state index contributed by atoms with van der Waals surface area (Å²) in [5, 5.41) is 0.119. The topological polar surface area (TPSA) is 26.0 Å². The molecule has 1 nitrogen and oxygen atoms in total. The Morgan fingerprint density at radius 1 is 1.10 bits per heavy atom. The molecule has 0 heterocycles. The molecule has 2 rings (SSSR count). The van der Waals surface area contributed by atoms with Crippen molar-refractivity contribution < 1.29 is 4.39 Å². The van der Waals surface area contributed by atoms with E-state index in [-0.39, 0.29) is 5.02 Å². The molecule has 0 saturated carbocycles. The predicted octanol–water partition coefficient (Wildman–Crippen LogP) is 4.85. The fourth-order valence-corrected chi connectivity index (χ4v) is 2.39. The summed E-state index contributed by atoms with van der Waals surface area (Å²) in [7, 11) is 0. The Balaban J connectivity index is 2.15. The lowest BCUT2D eigenvalue weighted by Crippen LogP contribution is -2.15. The van der Waals surface area contributed by atoms with E-state index < -0.39 is 11.9 Å². The maximum atomic E-state index is 13.9. The molecule has 0 aliphatic heterocycles. The van der Waals surface area contributed by atoms with E-state index in [0.717, 1.165) is 5.56 Å². The van der Waals surface area contributed by atoms with Crippen molar-refractivity contribution in [2.75, 3.05) is 0 Å². The average Bonchev–Trinajstić information content (AvgIpc) is 2.42. The van der Waals surface area contributed by atoms with Crippen LogP contribution in [0.2, 0.25) is 5.02 Å². The number of nitrogens with two attached hydrogens (primary N) is 1. The minimum Gasteiger partial charge on any atom is -0.324 e. The van der Waals surface area contributed by atoms with Crippen LogP contribution in [0.1, 0.15) is 42.5 Å². The fourth-order valence-electron chi connectivity index (χ4n) is 2.21. The minimum atomic E-state index is -0.416. The van der Waals surface area contributed by atoms with Gasteiger partial charge in [0.25, 0.3) is 0 Å². The van der Waals surface area contributed by atoms with E-state index in [1.165, 1.54) is 11.6 Å². The van der Waals surface area contributed by atoms with E-state index in [1.54, 1.807) is 12.1 Å². The highest BCUT2D eigenvalue weighted by Crippen LogP contribution is 2.25. The van der Waals surface area contributed by atoms with Gasteiger partial charge in [-0.15, -0.1) is 0 Å². The summed E-state index contributed by atoms with van der Waals surface area (Å²) in [5.41, 5.74) is 8.95. The quantitative estimate of drug-likeness (QED) is 0.856. The Morgan fingerprint density at radius 2 is 1.75 bits per heavy atom. The van der Waals surface area contributed by atoms with Gasteiger partial charge in [0, 0.05) is 11.6 Å². The Kier molecular flexibility index (Phi) is 4.79. The second-order valence-electron chi connectivity index (χ2n) is 5.35. The van der Waals surface area contributed by atoms with Gasteiger partial charge in [-0.2, -0.15) is 0 Å². The predicted molar refractivity (Wildman–Crippen MR) is 82.6 cm³/mol. The molecule has 1 atom stereocenters. The van der Waals surface area contributed by atoms with Gasteiger partial charge in [-0.05, 0) is 29.5 Å². The minimum absolute atomic E-state index is 0.119. The van der Waals surface area contributed by atoms with Crippen molar-refractivity contribution in [1.29, 1.82) is 0 Å². The first-order chi connectivity index (χ1) is 9.49. The third kappa shape index (κ3) is 3.38. The van der Waals surface area contributed by atoms with Gasteiger partial charge in [0.2, 0.25) is 0 Å². The van der Waals surface area contributed by atoms with Gasteiger partial charge in [0.15, 0.2) is 0 Å². The van der Waals surface area contributed by atoms with Crippen LogP contribution in [-0.4, -0.2) is 0 Å². The lowest BCUT2D eigenvalue weighted by molar-refractivity contribution is 0.581. The number of halogens is 2. The summed E-state index contributed by atoms with van der Waals surface area (Å²) in [6.07, 6.45) is 0.593. The first kappa shape index (κ1) is 15.0. The van der Waals surface area contributed by atoms with Crippen molar-refractivity contribution in [3.63, 3.8) is 0 Å². The van der Waals surface area contributed by atoms with Gasteiger partial charge in [0.05, 0.1) is 5.02 Å². The van der Waals surface area contributed by atoms with E-state index in [2.05, 4.69) is 38.1 Å². The van der Waals surface area contributed by atoms with Gasteiger partial charge in [0.1, 0.15) is 5.82 Å². The molecule has 2 N–H and O–H groups in total. The molecule has 0 bridgehead atoms. The molecule has 0 spiro atoms. The molecule has 0 saturated heterocycles. The highest BCUT2D eigenvalue weighted by molar-refractivity contribution is 6.30. The Morgan fingerprint density at radius 3 is 2.35 bits per heavy atom. The van der Waals surface area contributed by atoms with Crippen LogP contribution in [0.5, 0.6) is 0 Å². The molecular formula is C17H19ClFN. The van der Waals surface area contributed by atoms with Crippen LogP contribution in [0.25, 0.3) is 0 Å². The highest BCUT2D eigenvalue weighted by Gasteiger charge is 2.14. The van der Waals surface area contributed by atoms with Gasteiger partial charge in [-0.3, -0.25) is 0 Å². The second-order valence-corrected chi connectivity index (χ2v) is 5.76. The molecule has 2 aromatic rings. The third-order valence-electron chi connectivity index (χ3n) is 3.48. The van der Waals surface area contributed by atoms with Crippen molar-refractivity contribution in [1.82, 2.24) is 0 Å². The van der Waals surface area contributed by atoms with Crippen LogP contribution < -0.4 is 5.73 Å². The monoisotopic (exact) mass is 291 g/mol. The van der Waals surface area contributed by atoms with Gasteiger partial charge in [-0.25, -0.2) is 4.39 Å². The summed E-state index contributed by atoms with van der Waals surface area (Å²) in [6, 6.07) is 12.9. The van der Waals surface area contributed by atoms with Crippen molar-refractivity contribution in [2.24, 2.45) is 5.73 Å². The van der Waals surface area contributed by atoms with Crippen molar-refractivity contribution in [2.45, 2.75) is 32.2 Å². The third-order valence-corrected chi connectivity index (χ3v) is 3.77. The van der Waals surface area contributed by atoms with Crippen LogP contribution >= 0.6 is 11.6 Å². The summed E-state index contributed by atoms with van der Waals surface area (Å²) in [6.45, 7) is 4.31. The molecular weight excluding hydrogens is 273 g/mol. The number of hydrogen-bond acceptors (Lipinski definition) is 1. The summed E-state index contributed by atoms with van der Waals surface area (Å²) in [4.78, 5) is 0. The van der Waals surface area contributed by atoms with E-state index in [0.29, 0.717) is 17.9 Å². The molecule has 0 amide bonds. The van der Waals surface area contributed by atoms with Crippen LogP contribution in [0.4, 0.5) is 4.39 Å². The number of rotatable bonds is 4. The summed E-state index contributed by atoms with van der Waals surface area (Å²) in [5.74, 6) is 0.0866. The molecule has 0 aromatic heterocycles. The molecule has 3 heteroatoms. The standard InChI is InChI=1S/C17H19ClFN/c1-11(2)13-8-6-12(7-9-13)10-16(20)14-4-3-5-15(18)17(14)19/h3-9,11,16H,10,20H2,1-2H3. The van der Waals surface area contributed by atoms with E-state index in [9.17, 15) is 4.39 Å².